The first-order chi connectivity index (χ1) is 9.91. The highest BCUT2D eigenvalue weighted by molar-refractivity contribution is 6.42. The second-order valence-electron chi connectivity index (χ2n) is 5.84. The molecule has 0 aliphatic carbocycles. The summed E-state index contributed by atoms with van der Waals surface area (Å²) in [6.45, 7) is 5.07. The molecule has 2 N–H and O–H groups in total. The molecule has 0 fully saturated rings. The summed E-state index contributed by atoms with van der Waals surface area (Å²) in [5.74, 6) is 1.15. The van der Waals surface area contributed by atoms with Crippen molar-refractivity contribution in [2.24, 2.45) is 11.1 Å². The highest BCUT2D eigenvalue weighted by atomic mass is 35.5. The van der Waals surface area contributed by atoms with Gasteiger partial charge in [0.15, 0.2) is 0 Å². The van der Waals surface area contributed by atoms with E-state index in [4.69, 9.17) is 33.5 Å². The van der Waals surface area contributed by atoms with E-state index in [2.05, 4.69) is 24.0 Å². The van der Waals surface area contributed by atoms with Crippen LogP contribution in [0, 0.1) is 5.41 Å². The van der Waals surface area contributed by atoms with Crippen molar-refractivity contribution in [1.29, 1.82) is 0 Å². The number of benzene rings is 1. The molecule has 0 spiro atoms. The highest BCUT2D eigenvalue weighted by Crippen LogP contribution is 2.28. The molecule has 0 unspecified atom stereocenters. The van der Waals surface area contributed by atoms with Crippen molar-refractivity contribution in [1.82, 2.24) is 10.1 Å². The number of hydrogen-bond acceptors (Lipinski definition) is 4. The Morgan fingerprint density at radius 3 is 2.62 bits per heavy atom. The van der Waals surface area contributed by atoms with Gasteiger partial charge in [-0.2, -0.15) is 4.98 Å². The van der Waals surface area contributed by atoms with Crippen LogP contribution in [0.25, 0.3) is 11.4 Å². The lowest BCUT2D eigenvalue weighted by atomic mass is 9.84. The molecule has 6 heteroatoms. The van der Waals surface area contributed by atoms with Crippen LogP contribution < -0.4 is 5.73 Å². The molecule has 0 aliphatic heterocycles. The van der Waals surface area contributed by atoms with Gasteiger partial charge in [-0.25, -0.2) is 0 Å². The van der Waals surface area contributed by atoms with Crippen LogP contribution in [0.5, 0.6) is 0 Å². The molecule has 1 heterocycles. The second kappa shape index (κ2) is 6.77. The SMILES string of the molecule is CC(C)(CCN)CCc1nc(-c2ccc(Cl)c(Cl)c2)no1. The van der Waals surface area contributed by atoms with Crippen molar-refractivity contribution in [2.45, 2.75) is 33.1 Å². The molecule has 21 heavy (non-hydrogen) atoms. The van der Waals surface area contributed by atoms with Gasteiger partial charge in [0, 0.05) is 12.0 Å². The van der Waals surface area contributed by atoms with Gasteiger partial charge in [-0.15, -0.1) is 0 Å². The lowest BCUT2D eigenvalue weighted by molar-refractivity contribution is 0.289. The Bertz CT molecular complexity index is 611. The summed E-state index contributed by atoms with van der Waals surface area (Å²) in [5, 5.41) is 4.97. The van der Waals surface area contributed by atoms with Gasteiger partial charge in [0.1, 0.15) is 0 Å². The third-order valence-corrected chi connectivity index (χ3v) is 4.22. The summed E-state index contributed by atoms with van der Waals surface area (Å²) in [7, 11) is 0. The minimum Gasteiger partial charge on any atom is -0.339 e. The Morgan fingerprint density at radius 2 is 1.95 bits per heavy atom. The van der Waals surface area contributed by atoms with Crippen LogP contribution in [0.15, 0.2) is 22.7 Å². The van der Waals surface area contributed by atoms with E-state index >= 15 is 0 Å². The fourth-order valence-electron chi connectivity index (χ4n) is 2.07. The normalized spacial score (nSPS) is 11.9. The quantitative estimate of drug-likeness (QED) is 0.856. The highest BCUT2D eigenvalue weighted by Gasteiger charge is 2.19. The third kappa shape index (κ3) is 4.43. The largest absolute Gasteiger partial charge is 0.339 e. The lowest BCUT2D eigenvalue weighted by Gasteiger charge is -2.22. The first-order valence-electron chi connectivity index (χ1n) is 6.89. The van der Waals surface area contributed by atoms with Crippen molar-refractivity contribution < 1.29 is 4.52 Å². The van der Waals surface area contributed by atoms with Gasteiger partial charge < -0.3 is 10.3 Å². The van der Waals surface area contributed by atoms with Gasteiger partial charge in [0.2, 0.25) is 11.7 Å². The molecule has 0 amide bonds. The second-order valence-corrected chi connectivity index (χ2v) is 6.66. The van der Waals surface area contributed by atoms with Crippen molar-refractivity contribution in [3.8, 4) is 11.4 Å². The van der Waals surface area contributed by atoms with E-state index in [9.17, 15) is 0 Å². The number of halogens is 2. The van der Waals surface area contributed by atoms with Crippen LogP contribution >= 0.6 is 23.2 Å². The fourth-order valence-corrected chi connectivity index (χ4v) is 2.37. The maximum atomic E-state index is 6.00. The van der Waals surface area contributed by atoms with E-state index < -0.39 is 0 Å². The van der Waals surface area contributed by atoms with E-state index in [1.807, 2.05) is 6.07 Å². The number of hydrogen-bond donors (Lipinski definition) is 1. The molecule has 1 aromatic carbocycles. The minimum atomic E-state index is 0.174. The summed E-state index contributed by atoms with van der Waals surface area (Å²) in [5.41, 5.74) is 6.58. The van der Waals surface area contributed by atoms with Gasteiger partial charge in [-0.1, -0.05) is 42.2 Å². The summed E-state index contributed by atoms with van der Waals surface area (Å²) in [6.07, 6.45) is 2.66. The summed E-state index contributed by atoms with van der Waals surface area (Å²) < 4.78 is 5.29. The average molecular weight is 328 g/mol. The monoisotopic (exact) mass is 327 g/mol. The van der Waals surface area contributed by atoms with E-state index in [1.54, 1.807) is 12.1 Å². The van der Waals surface area contributed by atoms with Crippen molar-refractivity contribution in [3.63, 3.8) is 0 Å². The zero-order chi connectivity index (χ0) is 15.5. The average Bonchev–Trinajstić information content (AvgIpc) is 2.89. The Balaban J connectivity index is 2.06. The zero-order valence-electron chi connectivity index (χ0n) is 12.2. The van der Waals surface area contributed by atoms with Crippen LogP contribution in [0.1, 0.15) is 32.6 Å². The molecular weight excluding hydrogens is 309 g/mol. The molecular formula is C15H19Cl2N3O. The topological polar surface area (TPSA) is 64.9 Å². The molecule has 0 radical (unpaired) electrons. The number of nitrogens with two attached hydrogens (primary N) is 1. The first-order valence-corrected chi connectivity index (χ1v) is 7.65. The standard InChI is InChI=1S/C15H19Cl2N3O/c1-15(2,7-8-18)6-5-13-19-14(20-21-13)10-3-4-11(16)12(17)9-10/h3-4,9H,5-8,18H2,1-2H3. The van der Waals surface area contributed by atoms with E-state index in [0.29, 0.717) is 28.3 Å². The fraction of sp³-hybridized carbons (Fsp3) is 0.467. The number of rotatable bonds is 6. The summed E-state index contributed by atoms with van der Waals surface area (Å²) in [4.78, 5) is 4.40. The Morgan fingerprint density at radius 1 is 1.19 bits per heavy atom. The maximum Gasteiger partial charge on any atom is 0.226 e. The molecule has 0 bridgehead atoms. The van der Waals surface area contributed by atoms with Crippen molar-refractivity contribution in [3.05, 3.63) is 34.1 Å². The van der Waals surface area contributed by atoms with Crippen molar-refractivity contribution >= 4 is 23.2 Å². The van der Waals surface area contributed by atoms with Crippen molar-refractivity contribution in [2.75, 3.05) is 6.54 Å². The van der Waals surface area contributed by atoms with E-state index in [-0.39, 0.29) is 5.41 Å². The van der Waals surface area contributed by atoms with Gasteiger partial charge in [0.05, 0.1) is 10.0 Å². The molecule has 114 valence electrons. The Hall–Kier alpha value is -1.10. The molecule has 2 rings (SSSR count). The maximum absolute atomic E-state index is 6.00. The number of aryl methyl sites for hydroxylation is 1. The Labute approximate surface area is 134 Å². The smallest absolute Gasteiger partial charge is 0.226 e. The summed E-state index contributed by atoms with van der Waals surface area (Å²) in [6, 6.07) is 5.28. The molecule has 2 aromatic rings. The third-order valence-electron chi connectivity index (χ3n) is 3.48. The molecule has 0 aliphatic rings. The van der Waals surface area contributed by atoms with E-state index in [1.165, 1.54) is 0 Å². The van der Waals surface area contributed by atoms with Crippen LogP contribution in [-0.4, -0.2) is 16.7 Å². The molecule has 1 aromatic heterocycles. The summed E-state index contributed by atoms with van der Waals surface area (Å²) >= 11 is 11.9. The molecule has 0 atom stereocenters. The predicted octanol–water partition coefficient (Wildman–Crippen LogP) is 4.35. The van der Waals surface area contributed by atoms with Crippen LogP contribution in [0.2, 0.25) is 10.0 Å². The first kappa shape index (κ1) is 16.3. The van der Waals surface area contributed by atoms with Crippen LogP contribution in [-0.2, 0) is 6.42 Å². The zero-order valence-corrected chi connectivity index (χ0v) is 13.7. The minimum absolute atomic E-state index is 0.174. The number of nitrogens with zero attached hydrogens (tertiary/aromatic N) is 2. The Kier molecular flexibility index (Phi) is 5.25. The number of aromatic nitrogens is 2. The van der Waals surface area contributed by atoms with Gasteiger partial charge >= 0.3 is 0 Å². The van der Waals surface area contributed by atoms with Gasteiger partial charge in [-0.05, 0) is 43.0 Å². The molecule has 4 nitrogen and oxygen atoms in total. The molecule has 0 saturated carbocycles. The van der Waals surface area contributed by atoms with Crippen LogP contribution in [0.3, 0.4) is 0 Å². The van der Waals surface area contributed by atoms with Gasteiger partial charge in [0.25, 0.3) is 0 Å². The van der Waals surface area contributed by atoms with E-state index in [0.717, 1.165) is 24.8 Å². The lowest BCUT2D eigenvalue weighted by Crippen LogP contribution is -2.17. The predicted molar refractivity (Wildman–Crippen MR) is 85.5 cm³/mol. The van der Waals surface area contributed by atoms with Crippen LogP contribution in [0.4, 0.5) is 0 Å². The van der Waals surface area contributed by atoms with Gasteiger partial charge in [-0.3, -0.25) is 0 Å². The molecule has 0 saturated heterocycles.